The maximum Gasteiger partial charge on any atom is 0.247 e. The second-order valence-corrected chi connectivity index (χ2v) is 8.43. The summed E-state index contributed by atoms with van der Waals surface area (Å²) in [4.78, 5) is 1.31. The van der Waals surface area contributed by atoms with Gasteiger partial charge in [-0.05, 0) is 47.9 Å². The number of hydrogen-bond acceptors (Lipinski definition) is 8. The molecule has 4 aromatic rings. The summed E-state index contributed by atoms with van der Waals surface area (Å²) < 4.78 is 7.69. The minimum absolute atomic E-state index is 0.0532. The van der Waals surface area contributed by atoms with Crippen LogP contribution in [-0.2, 0) is 13.0 Å². The van der Waals surface area contributed by atoms with Crippen LogP contribution in [0.2, 0.25) is 0 Å². The van der Waals surface area contributed by atoms with Gasteiger partial charge in [0.05, 0.1) is 11.8 Å². The lowest BCUT2D eigenvalue weighted by Gasteiger charge is -2.06. The van der Waals surface area contributed by atoms with Crippen molar-refractivity contribution in [1.82, 2.24) is 30.4 Å². The summed E-state index contributed by atoms with van der Waals surface area (Å²) in [7, 11) is 0. The molecule has 3 aromatic heterocycles. The Morgan fingerprint density at radius 1 is 1.19 bits per heavy atom. The van der Waals surface area contributed by atoms with Gasteiger partial charge in [0.25, 0.3) is 0 Å². The Balaban J connectivity index is 1.44. The summed E-state index contributed by atoms with van der Waals surface area (Å²) in [6.07, 6.45) is 0.905. The predicted octanol–water partition coefficient (Wildman–Crippen LogP) is 4.19. The lowest BCUT2D eigenvalue weighted by atomic mass is 10.1. The van der Waals surface area contributed by atoms with Crippen molar-refractivity contribution in [2.75, 3.05) is 0 Å². The van der Waals surface area contributed by atoms with Gasteiger partial charge in [-0.3, -0.25) is 0 Å². The monoisotopic (exact) mass is 398 g/mol. The molecule has 0 amide bonds. The van der Waals surface area contributed by atoms with E-state index in [0.29, 0.717) is 11.8 Å². The molecule has 1 atom stereocenters. The molecule has 0 N–H and O–H groups in total. The molecule has 9 heteroatoms. The molecule has 1 unspecified atom stereocenters. The van der Waals surface area contributed by atoms with Crippen LogP contribution in [0.3, 0.4) is 0 Å². The topological polar surface area (TPSA) is 82.5 Å². The Bertz CT molecular complexity index is 1010. The molecular weight excluding hydrogens is 380 g/mol. The van der Waals surface area contributed by atoms with Crippen LogP contribution in [0.15, 0.2) is 51.4 Å². The molecule has 0 bridgehead atoms. The summed E-state index contributed by atoms with van der Waals surface area (Å²) in [5.74, 6) is 1.09. The van der Waals surface area contributed by atoms with Gasteiger partial charge in [0.15, 0.2) is 0 Å². The third-order valence-electron chi connectivity index (χ3n) is 3.98. The quantitative estimate of drug-likeness (QED) is 0.432. The van der Waals surface area contributed by atoms with Gasteiger partial charge in [-0.25, -0.2) is 4.68 Å². The van der Waals surface area contributed by atoms with Crippen molar-refractivity contribution in [1.29, 1.82) is 0 Å². The summed E-state index contributed by atoms with van der Waals surface area (Å²) in [6, 6.07) is 12.2. The maximum absolute atomic E-state index is 5.87. The zero-order valence-corrected chi connectivity index (χ0v) is 16.6. The molecule has 0 radical (unpaired) electrons. The Hall–Kier alpha value is -2.52. The average molecular weight is 399 g/mol. The molecule has 1 aromatic carbocycles. The molecule has 0 aliphatic rings. The van der Waals surface area contributed by atoms with Crippen molar-refractivity contribution in [3.05, 3.63) is 58.1 Å². The first-order valence-corrected chi connectivity index (χ1v) is 10.3. The van der Waals surface area contributed by atoms with Crippen molar-refractivity contribution in [2.24, 2.45) is 0 Å². The molecule has 3 heterocycles. The third kappa shape index (κ3) is 4.25. The van der Waals surface area contributed by atoms with Gasteiger partial charge in [0, 0.05) is 16.9 Å². The van der Waals surface area contributed by atoms with Gasteiger partial charge in [-0.1, -0.05) is 35.5 Å². The van der Waals surface area contributed by atoms with Crippen molar-refractivity contribution < 1.29 is 4.42 Å². The molecule has 7 nitrogen and oxygen atoms in total. The number of rotatable bonds is 7. The first kappa shape index (κ1) is 17.9. The standard InChI is InChI=1S/C18H18N6OS2/c1-12-5-3-6-14(11-12)17-20-19-16(25-17)13(2)27-18-21-22-23-24(18)9-8-15-7-4-10-26-15/h3-7,10-11,13H,8-9H2,1-2H3. The highest BCUT2D eigenvalue weighted by Crippen LogP contribution is 2.33. The molecule has 4 rings (SSSR count). The van der Waals surface area contributed by atoms with Gasteiger partial charge in [-0.2, -0.15) is 0 Å². The Labute approximate surface area is 164 Å². The lowest BCUT2D eigenvalue weighted by Crippen LogP contribution is -2.05. The van der Waals surface area contributed by atoms with Crippen LogP contribution in [0.25, 0.3) is 11.5 Å². The highest BCUT2D eigenvalue weighted by atomic mass is 32.2. The van der Waals surface area contributed by atoms with Crippen LogP contribution >= 0.6 is 23.1 Å². The third-order valence-corrected chi connectivity index (χ3v) is 5.98. The number of thioether (sulfide) groups is 1. The number of aromatic nitrogens is 6. The minimum atomic E-state index is -0.0532. The highest BCUT2D eigenvalue weighted by Gasteiger charge is 2.19. The van der Waals surface area contributed by atoms with Crippen LogP contribution < -0.4 is 0 Å². The summed E-state index contributed by atoms with van der Waals surface area (Å²) >= 11 is 3.25. The van der Waals surface area contributed by atoms with Crippen molar-refractivity contribution in [2.45, 2.75) is 37.2 Å². The number of hydrogen-bond donors (Lipinski definition) is 0. The van der Waals surface area contributed by atoms with Gasteiger partial charge in [0.1, 0.15) is 0 Å². The SMILES string of the molecule is Cc1cccc(-c2nnc(C(C)Sc3nnnn3CCc3cccs3)o2)c1. The summed E-state index contributed by atoms with van der Waals surface area (Å²) in [6.45, 7) is 4.78. The molecule has 0 saturated heterocycles. The molecule has 0 spiro atoms. The van der Waals surface area contributed by atoms with E-state index in [1.807, 2.05) is 42.8 Å². The average Bonchev–Trinajstić information content (AvgIpc) is 3.42. The molecule has 138 valence electrons. The molecule has 27 heavy (non-hydrogen) atoms. The highest BCUT2D eigenvalue weighted by molar-refractivity contribution is 7.99. The van der Waals surface area contributed by atoms with Gasteiger partial charge >= 0.3 is 0 Å². The van der Waals surface area contributed by atoms with Crippen LogP contribution in [0, 0.1) is 6.92 Å². The van der Waals surface area contributed by atoms with Gasteiger partial charge in [-0.15, -0.1) is 26.6 Å². The van der Waals surface area contributed by atoms with Gasteiger partial charge < -0.3 is 4.42 Å². The Morgan fingerprint density at radius 2 is 2.11 bits per heavy atom. The van der Waals surface area contributed by atoms with Crippen molar-refractivity contribution in [3.63, 3.8) is 0 Å². The van der Waals surface area contributed by atoms with E-state index in [9.17, 15) is 0 Å². The fourth-order valence-corrected chi connectivity index (χ4v) is 4.14. The van der Waals surface area contributed by atoms with E-state index in [2.05, 4.69) is 43.2 Å². The fraction of sp³-hybridized carbons (Fsp3) is 0.278. The number of benzene rings is 1. The van der Waals surface area contributed by atoms with Crippen LogP contribution in [0.4, 0.5) is 0 Å². The van der Waals surface area contributed by atoms with Crippen LogP contribution in [0.1, 0.15) is 28.5 Å². The van der Waals surface area contributed by atoms with E-state index in [1.54, 1.807) is 11.3 Å². The van der Waals surface area contributed by atoms with E-state index in [4.69, 9.17) is 4.42 Å². The predicted molar refractivity (Wildman–Crippen MR) is 105 cm³/mol. The lowest BCUT2D eigenvalue weighted by molar-refractivity contribution is 0.507. The fourth-order valence-electron chi connectivity index (χ4n) is 2.59. The first-order chi connectivity index (χ1) is 13.2. The molecule has 0 aliphatic heterocycles. The molecular formula is C18H18N6OS2. The van der Waals surface area contributed by atoms with Gasteiger partial charge in [0.2, 0.25) is 16.9 Å². The molecule has 0 aliphatic carbocycles. The summed E-state index contributed by atoms with van der Waals surface area (Å²) in [5.41, 5.74) is 2.08. The minimum Gasteiger partial charge on any atom is -0.419 e. The van der Waals surface area contributed by atoms with Crippen molar-refractivity contribution in [3.8, 4) is 11.5 Å². The Kier molecular flexibility index (Phi) is 5.30. The Morgan fingerprint density at radius 3 is 2.93 bits per heavy atom. The first-order valence-electron chi connectivity index (χ1n) is 8.54. The van der Waals surface area contributed by atoms with Crippen molar-refractivity contribution >= 4 is 23.1 Å². The molecule has 0 saturated carbocycles. The molecule has 0 fully saturated rings. The zero-order valence-electron chi connectivity index (χ0n) is 14.9. The number of tetrazole rings is 1. The second kappa shape index (κ2) is 8.01. The largest absolute Gasteiger partial charge is 0.419 e. The van der Waals surface area contributed by atoms with E-state index in [-0.39, 0.29) is 5.25 Å². The van der Waals surface area contributed by atoms with E-state index in [1.165, 1.54) is 16.6 Å². The van der Waals surface area contributed by atoms with E-state index < -0.39 is 0 Å². The normalized spacial score (nSPS) is 12.4. The van der Waals surface area contributed by atoms with Crippen LogP contribution in [-0.4, -0.2) is 30.4 Å². The summed E-state index contributed by atoms with van der Waals surface area (Å²) in [5, 5.41) is 23.2. The number of nitrogens with zero attached hydrogens (tertiary/aromatic N) is 6. The second-order valence-electron chi connectivity index (χ2n) is 6.09. The number of thiophene rings is 1. The number of aryl methyl sites for hydroxylation is 3. The zero-order chi connectivity index (χ0) is 18.6. The smallest absolute Gasteiger partial charge is 0.247 e. The van der Waals surface area contributed by atoms with E-state index in [0.717, 1.165) is 29.2 Å². The van der Waals surface area contributed by atoms with E-state index >= 15 is 0 Å². The van der Waals surface area contributed by atoms with Crippen LogP contribution in [0.5, 0.6) is 0 Å². The maximum atomic E-state index is 5.87.